The fraction of sp³-hybridized carbons (Fsp3) is 0.385. The average Bonchev–Trinajstić information content (AvgIpc) is 2.78. The number of morpholine rings is 1. The smallest absolute Gasteiger partial charge is 0.195 e. The van der Waals surface area contributed by atoms with E-state index < -0.39 is 0 Å². The highest BCUT2D eigenvalue weighted by atomic mass is 16.5. The van der Waals surface area contributed by atoms with Crippen molar-refractivity contribution in [3.05, 3.63) is 29.8 Å². The molecule has 0 aromatic heterocycles. The van der Waals surface area contributed by atoms with Crippen LogP contribution in [-0.4, -0.2) is 31.2 Å². The molecule has 3 aliphatic rings. The molecule has 0 atom stereocenters. The lowest BCUT2D eigenvalue weighted by atomic mass is 10.1. The van der Waals surface area contributed by atoms with Crippen LogP contribution in [0.15, 0.2) is 28.7 Å². The second-order valence-corrected chi connectivity index (χ2v) is 4.37. The fourth-order valence-electron chi connectivity index (χ4n) is 2.20. The zero-order chi connectivity index (χ0) is 11.7. The Labute approximate surface area is 100 Å². The number of nitrogen functional groups attached to an aromatic ring is 1. The van der Waals surface area contributed by atoms with Gasteiger partial charge in [-0.05, 0) is 12.1 Å². The van der Waals surface area contributed by atoms with E-state index in [1.165, 1.54) is 0 Å². The van der Waals surface area contributed by atoms with Gasteiger partial charge >= 0.3 is 0 Å². The quantitative estimate of drug-likeness (QED) is 0.857. The lowest BCUT2D eigenvalue weighted by molar-refractivity contribution is 0.0341. The van der Waals surface area contributed by atoms with Crippen molar-refractivity contribution in [1.82, 2.24) is 4.90 Å². The van der Waals surface area contributed by atoms with Gasteiger partial charge in [-0.15, -0.1) is 0 Å². The van der Waals surface area contributed by atoms with Gasteiger partial charge in [-0.25, -0.2) is 0 Å². The Kier molecular flexibility index (Phi) is 2.74. The summed E-state index contributed by atoms with van der Waals surface area (Å²) in [6.45, 7) is 4.35. The molecule has 0 amide bonds. The molecule has 3 rings (SSSR count). The van der Waals surface area contributed by atoms with Crippen molar-refractivity contribution in [1.29, 1.82) is 0 Å². The van der Waals surface area contributed by atoms with Gasteiger partial charge in [0.1, 0.15) is 5.76 Å². The molecule has 2 aliphatic heterocycles. The van der Waals surface area contributed by atoms with Crippen molar-refractivity contribution in [2.75, 3.05) is 32.0 Å². The molecule has 1 aliphatic carbocycles. The van der Waals surface area contributed by atoms with Crippen LogP contribution in [-0.2, 0) is 11.3 Å². The molecule has 17 heavy (non-hydrogen) atoms. The summed E-state index contributed by atoms with van der Waals surface area (Å²) >= 11 is 0. The zero-order valence-corrected chi connectivity index (χ0v) is 9.69. The molecule has 90 valence electrons. The minimum absolute atomic E-state index is 0.523. The van der Waals surface area contributed by atoms with E-state index in [1.807, 2.05) is 18.2 Å². The van der Waals surface area contributed by atoms with Gasteiger partial charge in [0.05, 0.1) is 13.2 Å². The molecule has 0 aromatic rings. The van der Waals surface area contributed by atoms with Crippen molar-refractivity contribution in [2.24, 2.45) is 0 Å². The molecule has 4 heteroatoms. The monoisotopic (exact) mass is 232 g/mol. The number of nitrogens with zero attached hydrogens (tertiary/aromatic N) is 1. The largest absolute Gasteiger partial charge is 0.441 e. The Morgan fingerprint density at radius 3 is 2.88 bits per heavy atom. The summed E-state index contributed by atoms with van der Waals surface area (Å²) in [7, 11) is 0. The van der Waals surface area contributed by atoms with Crippen molar-refractivity contribution in [3.8, 4) is 11.3 Å². The number of rotatable bonds is 2. The Morgan fingerprint density at radius 2 is 2.06 bits per heavy atom. The van der Waals surface area contributed by atoms with Crippen LogP contribution in [0.1, 0.15) is 5.56 Å². The highest BCUT2D eigenvalue weighted by Gasteiger charge is 2.15. The Balaban J connectivity index is 1.84. The minimum atomic E-state index is 0.523. The van der Waals surface area contributed by atoms with Crippen molar-refractivity contribution >= 4 is 5.88 Å². The molecule has 0 unspecified atom stereocenters. The number of anilines is 1. The minimum Gasteiger partial charge on any atom is -0.441 e. The maximum absolute atomic E-state index is 5.94. The molecule has 0 bridgehead atoms. The van der Waals surface area contributed by atoms with E-state index in [-0.39, 0.29) is 0 Å². The van der Waals surface area contributed by atoms with Gasteiger partial charge in [0.15, 0.2) is 5.88 Å². The van der Waals surface area contributed by atoms with E-state index in [4.69, 9.17) is 14.9 Å². The van der Waals surface area contributed by atoms with Crippen molar-refractivity contribution in [3.63, 3.8) is 0 Å². The lowest BCUT2D eigenvalue weighted by Crippen LogP contribution is -2.35. The SMILES string of the molecule is Nc1oc2cccc-2cc1CN1CCOCC1. The highest BCUT2D eigenvalue weighted by Crippen LogP contribution is 2.29. The maximum Gasteiger partial charge on any atom is 0.195 e. The van der Waals surface area contributed by atoms with Gasteiger partial charge in [-0.2, -0.15) is 0 Å². The molecule has 1 saturated heterocycles. The zero-order valence-electron chi connectivity index (χ0n) is 9.69. The molecule has 0 saturated carbocycles. The lowest BCUT2D eigenvalue weighted by Gasteiger charge is -2.26. The first-order valence-corrected chi connectivity index (χ1v) is 5.90. The van der Waals surface area contributed by atoms with Crippen molar-refractivity contribution in [2.45, 2.75) is 6.54 Å². The standard InChI is InChI=1S/C13H16N2O2/c14-13-11(9-15-4-6-16-7-5-15)8-10-2-1-3-12(10)17-13/h1-3,8H,4-7,9,14H2. The van der Waals surface area contributed by atoms with Gasteiger partial charge in [0, 0.05) is 30.8 Å². The van der Waals surface area contributed by atoms with Crippen LogP contribution in [0.4, 0.5) is 5.88 Å². The summed E-state index contributed by atoms with van der Waals surface area (Å²) in [6, 6.07) is 8.07. The molecule has 0 radical (unpaired) electrons. The molecule has 0 spiro atoms. The van der Waals surface area contributed by atoms with Crippen LogP contribution in [0.25, 0.3) is 11.3 Å². The van der Waals surface area contributed by atoms with E-state index in [0.717, 1.165) is 49.7 Å². The van der Waals surface area contributed by atoms with E-state index in [1.54, 1.807) is 0 Å². The van der Waals surface area contributed by atoms with Gasteiger partial charge in [0.25, 0.3) is 0 Å². The Morgan fingerprint density at radius 1 is 1.24 bits per heavy atom. The van der Waals surface area contributed by atoms with E-state index in [9.17, 15) is 0 Å². The van der Waals surface area contributed by atoms with Gasteiger partial charge in [0.2, 0.25) is 0 Å². The summed E-state index contributed by atoms with van der Waals surface area (Å²) < 4.78 is 10.9. The fourth-order valence-corrected chi connectivity index (χ4v) is 2.20. The van der Waals surface area contributed by atoms with E-state index in [0.29, 0.717) is 5.88 Å². The number of fused-ring (bicyclic) bond motifs is 1. The predicted molar refractivity (Wildman–Crippen MR) is 65.8 cm³/mol. The third-order valence-corrected chi connectivity index (χ3v) is 3.17. The van der Waals surface area contributed by atoms with Crippen LogP contribution < -0.4 is 5.73 Å². The number of ether oxygens (including phenoxy) is 1. The molecular formula is C13H16N2O2. The second kappa shape index (κ2) is 4.39. The molecule has 1 fully saturated rings. The molecule has 4 nitrogen and oxygen atoms in total. The Hall–Kier alpha value is -1.52. The Bertz CT molecular complexity index is 475. The first-order chi connectivity index (χ1) is 8.33. The van der Waals surface area contributed by atoms with Crippen LogP contribution >= 0.6 is 0 Å². The van der Waals surface area contributed by atoms with E-state index in [2.05, 4.69) is 11.0 Å². The third kappa shape index (κ3) is 2.14. The predicted octanol–water partition coefficient (Wildman–Crippen LogP) is 1.80. The van der Waals surface area contributed by atoms with Crippen molar-refractivity contribution < 1.29 is 9.15 Å². The summed E-state index contributed by atoms with van der Waals surface area (Å²) in [4.78, 5) is 2.33. The summed E-state index contributed by atoms with van der Waals surface area (Å²) in [5, 5.41) is 0. The highest BCUT2D eigenvalue weighted by molar-refractivity contribution is 5.64. The number of nitrogens with two attached hydrogens (primary N) is 1. The van der Waals surface area contributed by atoms with Crippen LogP contribution in [0.5, 0.6) is 0 Å². The number of hydrogen-bond donors (Lipinski definition) is 1. The second-order valence-electron chi connectivity index (χ2n) is 4.37. The average molecular weight is 232 g/mol. The summed E-state index contributed by atoms with van der Waals surface area (Å²) in [5.74, 6) is 1.38. The normalized spacial score (nSPS) is 17.6. The maximum atomic E-state index is 5.94. The summed E-state index contributed by atoms with van der Waals surface area (Å²) in [5.41, 5.74) is 8.11. The van der Waals surface area contributed by atoms with Gasteiger partial charge in [-0.1, -0.05) is 12.1 Å². The van der Waals surface area contributed by atoms with Crippen LogP contribution in [0, 0.1) is 0 Å². The number of hydrogen-bond acceptors (Lipinski definition) is 4. The van der Waals surface area contributed by atoms with Crippen LogP contribution in [0.2, 0.25) is 0 Å². The topological polar surface area (TPSA) is 51.6 Å². The molecule has 0 aromatic carbocycles. The molecule has 2 heterocycles. The summed E-state index contributed by atoms with van der Waals surface area (Å²) in [6.07, 6.45) is 0. The first kappa shape index (κ1) is 10.6. The van der Waals surface area contributed by atoms with E-state index >= 15 is 0 Å². The first-order valence-electron chi connectivity index (χ1n) is 5.90. The van der Waals surface area contributed by atoms with Gasteiger partial charge < -0.3 is 14.9 Å². The molecular weight excluding hydrogens is 216 g/mol. The molecule has 2 N–H and O–H groups in total. The third-order valence-electron chi connectivity index (χ3n) is 3.17. The van der Waals surface area contributed by atoms with Crippen LogP contribution in [0.3, 0.4) is 0 Å². The van der Waals surface area contributed by atoms with Gasteiger partial charge in [-0.3, -0.25) is 4.90 Å².